The quantitative estimate of drug-likeness (QED) is 0.738. The van der Waals surface area contributed by atoms with Crippen molar-refractivity contribution in [3.63, 3.8) is 0 Å². The van der Waals surface area contributed by atoms with E-state index in [-0.39, 0.29) is 5.91 Å². The van der Waals surface area contributed by atoms with Crippen LogP contribution in [0, 0.1) is 0 Å². The third-order valence-corrected chi connectivity index (χ3v) is 4.20. The number of rotatable bonds is 3. The molecular weight excluding hydrogens is 316 g/mol. The van der Waals surface area contributed by atoms with E-state index in [1.54, 1.807) is 30.1 Å². The van der Waals surface area contributed by atoms with Gasteiger partial charge in [0.2, 0.25) is 0 Å². The fourth-order valence-corrected chi connectivity index (χ4v) is 2.95. The van der Waals surface area contributed by atoms with Gasteiger partial charge in [0.05, 0.1) is 5.52 Å². The Bertz CT molecular complexity index is 939. The number of para-hydroxylation sites is 1. The van der Waals surface area contributed by atoms with E-state index in [9.17, 15) is 4.79 Å². The molecule has 0 spiro atoms. The Balaban J connectivity index is 1.53. The molecule has 2 aromatic carbocycles. The van der Waals surface area contributed by atoms with Gasteiger partial charge >= 0.3 is 0 Å². The molecule has 0 N–H and O–H groups in total. The summed E-state index contributed by atoms with van der Waals surface area (Å²) in [5.74, 6) is 1.24. The van der Waals surface area contributed by atoms with Crippen LogP contribution in [0.15, 0.2) is 54.7 Å². The normalized spacial score (nSPS) is 12.8. The van der Waals surface area contributed by atoms with Crippen LogP contribution in [0.1, 0.15) is 15.9 Å². The summed E-state index contributed by atoms with van der Waals surface area (Å²) >= 11 is 0. The number of pyridine rings is 1. The molecule has 0 bridgehead atoms. The highest BCUT2D eigenvalue weighted by Gasteiger charge is 2.17. The predicted octanol–water partition coefficient (Wildman–Crippen LogP) is 3.28. The van der Waals surface area contributed by atoms with Crippen molar-refractivity contribution < 1.29 is 14.3 Å². The molecule has 2 heterocycles. The number of fused-ring (bicyclic) bond motifs is 2. The number of nitrogens with zero attached hydrogens (tertiary/aromatic N) is 2. The van der Waals surface area contributed by atoms with Crippen LogP contribution in [-0.2, 0) is 6.54 Å². The van der Waals surface area contributed by atoms with Crippen molar-refractivity contribution in [1.29, 1.82) is 0 Å². The highest BCUT2D eigenvalue weighted by molar-refractivity contribution is 5.94. The zero-order valence-corrected chi connectivity index (χ0v) is 13.9. The summed E-state index contributed by atoms with van der Waals surface area (Å²) in [6.07, 6.45) is 1.82. The van der Waals surface area contributed by atoms with E-state index in [1.165, 1.54) is 0 Å². The van der Waals surface area contributed by atoms with Crippen LogP contribution < -0.4 is 9.47 Å². The Hall–Kier alpha value is -3.08. The molecule has 0 atom stereocenters. The minimum Gasteiger partial charge on any atom is -0.486 e. The van der Waals surface area contributed by atoms with Crippen LogP contribution in [0.4, 0.5) is 0 Å². The molecule has 126 valence electrons. The molecule has 0 saturated carbocycles. The molecule has 5 heteroatoms. The van der Waals surface area contributed by atoms with Crippen LogP contribution in [0.2, 0.25) is 0 Å². The number of amides is 1. The third kappa shape index (κ3) is 3.13. The molecule has 1 aliphatic heterocycles. The van der Waals surface area contributed by atoms with Crippen LogP contribution in [0.25, 0.3) is 10.9 Å². The van der Waals surface area contributed by atoms with Gasteiger partial charge in [-0.15, -0.1) is 0 Å². The van der Waals surface area contributed by atoms with Gasteiger partial charge in [0.15, 0.2) is 11.5 Å². The highest BCUT2D eigenvalue weighted by atomic mass is 16.6. The Morgan fingerprint density at radius 2 is 1.88 bits per heavy atom. The SMILES string of the molecule is CN(Cc1cnc2ccccc2c1)C(=O)c1ccc2c(c1)OCCO2. The molecule has 1 aliphatic rings. The topological polar surface area (TPSA) is 51.7 Å². The lowest BCUT2D eigenvalue weighted by molar-refractivity contribution is 0.0784. The first-order valence-electron chi connectivity index (χ1n) is 8.19. The highest BCUT2D eigenvalue weighted by Crippen LogP contribution is 2.31. The van der Waals surface area contributed by atoms with Crippen molar-refractivity contribution in [3.8, 4) is 11.5 Å². The first kappa shape index (κ1) is 15.4. The summed E-state index contributed by atoms with van der Waals surface area (Å²) < 4.78 is 11.1. The minimum absolute atomic E-state index is 0.0647. The van der Waals surface area contributed by atoms with Gasteiger partial charge in [-0.25, -0.2) is 0 Å². The maximum Gasteiger partial charge on any atom is 0.254 e. The first-order valence-corrected chi connectivity index (χ1v) is 8.19. The maximum absolute atomic E-state index is 12.7. The van der Waals surface area contributed by atoms with Crippen molar-refractivity contribution in [2.45, 2.75) is 6.54 Å². The molecule has 0 radical (unpaired) electrons. The first-order chi connectivity index (χ1) is 12.2. The minimum atomic E-state index is -0.0647. The monoisotopic (exact) mass is 334 g/mol. The molecule has 4 rings (SSSR count). The van der Waals surface area contributed by atoms with Gasteiger partial charge in [-0.1, -0.05) is 18.2 Å². The van der Waals surface area contributed by atoms with Crippen molar-refractivity contribution >= 4 is 16.8 Å². The molecular formula is C20H18N2O3. The van der Waals surface area contributed by atoms with Gasteiger partial charge in [0.1, 0.15) is 13.2 Å². The van der Waals surface area contributed by atoms with Gasteiger partial charge in [0.25, 0.3) is 5.91 Å². The van der Waals surface area contributed by atoms with E-state index in [1.807, 2.05) is 30.5 Å². The third-order valence-electron chi connectivity index (χ3n) is 4.20. The van der Waals surface area contributed by atoms with Crippen molar-refractivity contribution in [3.05, 3.63) is 65.9 Å². The second-order valence-electron chi connectivity index (χ2n) is 6.06. The van der Waals surface area contributed by atoms with E-state index in [0.29, 0.717) is 36.8 Å². The molecule has 1 aromatic heterocycles. The summed E-state index contributed by atoms with van der Waals surface area (Å²) in [6.45, 7) is 1.53. The average Bonchev–Trinajstić information content (AvgIpc) is 2.67. The second kappa shape index (κ2) is 6.43. The van der Waals surface area contributed by atoms with Crippen LogP contribution in [-0.4, -0.2) is 36.1 Å². The van der Waals surface area contributed by atoms with Gasteiger partial charge in [-0.3, -0.25) is 9.78 Å². The Labute approximate surface area is 145 Å². The zero-order chi connectivity index (χ0) is 17.2. The van der Waals surface area contributed by atoms with Crippen LogP contribution >= 0.6 is 0 Å². The molecule has 25 heavy (non-hydrogen) atoms. The molecule has 3 aromatic rings. The molecule has 0 unspecified atom stereocenters. The second-order valence-corrected chi connectivity index (χ2v) is 6.06. The summed E-state index contributed by atoms with van der Waals surface area (Å²) in [6, 6.07) is 15.3. The molecule has 0 fully saturated rings. The summed E-state index contributed by atoms with van der Waals surface area (Å²) in [4.78, 5) is 18.8. The summed E-state index contributed by atoms with van der Waals surface area (Å²) in [7, 11) is 1.79. The van der Waals surface area contributed by atoms with E-state index < -0.39 is 0 Å². The number of hydrogen-bond donors (Lipinski definition) is 0. The maximum atomic E-state index is 12.7. The smallest absolute Gasteiger partial charge is 0.254 e. The Morgan fingerprint density at radius 3 is 2.76 bits per heavy atom. The van der Waals surface area contributed by atoms with Gasteiger partial charge < -0.3 is 14.4 Å². The summed E-state index contributed by atoms with van der Waals surface area (Å²) in [5, 5.41) is 1.07. The van der Waals surface area contributed by atoms with Gasteiger partial charge in [-0.05, 0) is 35.9 Å². The molecule has 5 nitrogen and oxygen atoms in total. The fourth-order valence-electron chi connectivity index (χ4n) is 2.95. The zero-order valence-electron chi connectivity index (χ0n) is 13.9. The Morgan fingerprint density at radius 1 is 1.08 bits per heavy atom. The lowest BCUT2D eigenvalue weighted by Gasteiger charge is -2.21. The number of carbonyl (C=O) groups excluding carboxylic acids is 1. The van der Waals surface area contributed by atoms with Gasteiger partial charge in [0, 0.05) is 30.7 Å². The molecule has 1 amide bonds. The van der Waals surface area contributed by atoms with Crippen molar-refractivity contribution in [2.24, 2.45) is 0 Å². The van der Waals surface area contributed by atoms with Gasteiger partial charge in [-0.2, -0.15) is 0 Å². The lowest BCUT2D eigenvalue weighted by atomic mass is 10.1. The van der Waals surface area contributed by atoms with Crippen molar-refractivity contribution in [2.75, 3.05) is 20.3 Å². The fraction of sp³-hybridized carbons (Fsp3) is 0.200. The van der Waals surface area contributed by atoms with E-state index in [0.717, 1.165) is 16.5 Å². The summed E-state index contributed by atoms with van der Waals surface area (Å²) in [5.41, 5.74) is 2.53. The number of benzene rings is 2. The predicted molar refractivity (Wildman–Crippen MR) is 95.0 cm³/mol. The number of carbonyl (C=O) groups is 1. The number of hydrogen-bond acceptors (Lipinski definition) is 4. The molecule has 0 aliphatic carbocycles. The van der Waals surface area contributed by atoms with Crippen LogP contribution in [0.3, 0.4) is 0 Å². The molecule has 0 saturated heterocycles. The standard InChI is InChI=1S/C20H18N2O3/c1-22(13-14-10-15-4-2-3-5-17(15)21-12-14)20(23)16-6-7-18-19(11-16)25-9-8-24-18/h2-7,10-12H,8-9,13H2,1H3. The average molecular weight is 334 g/mol. The van der Waals surface area contributed by atoms with E-state index >= 15 is 0 Å². The lowest BCUT2D eigenvalue weighted by Crippen LogP contribution is -2.26. The van der Waals surface area contributed by atoms with E-state index in [2.05, 4.69) is 11.1 Å². The Kier molecular flexibility index (Phi) is 3.98. The largest absolute Gasteiger partial charge is 0.486 e. The van der Waals surface area contributed by atoms with E-state index in [4.69, 9.17) is 9.47 Å². The van der Waals surface area contributed by atoms with Crippen LogP contribution in [0.5, 0.6) is 11.5 Å². The van der Waals surface area contributed by atoms with Crippen molar-refractivity contribution in [1.82, 2.24) is 9.88 Å². The number of ether oxygens (including phenoxy) is 2. The number of aromatic nitrogens is 1.